The lowest BCUT2D eigenvalue weighted by atomic mass is 9.85. The number of hydrogen-bond acceptors (Lipinski definition) is 4. The summed E-state index contributed by atoms with van der Waals surface area (Å²) < 4.78 is 1.31. The van der Waals surface area contributed by atoms with E-state index in [1.807, 2.05) is 6.07 Å². The Labute approximate surface area is 186 Å². The molecule has 2 N–H and O–H groups in total. The number of nitrogens with one attached hydrogen (secondary N) is 1. The van der Waals surface area contributed by atoms with Crippen molar-refractivity contribution in [3.05, 3.63) is 62.7 Å². The van der Waals surface area contributed by atoms with Crippen LogP contribution in [0.15, 0.2) is 42.5 Å². The van der Waals surface area contributed by atoms with E-state index in [1.54, 1.807) is 6.92 Å². The maximum Gasteiger partial charge on any atom is 0.217 e. The molecule has 2 atom stereocenters. The molecular formula is C23H28IN3O2. The molecule has 0 radical (unpaired) electrons. The standard InChI is InChI=1S/C23H28IN3O2/c1-16(28)25-15-18-5-2-3-8-21(18)26-9-11-27(12-10-26)22-14-19-17(13-23(22)29)6-4-7-20(19)24/h2-8,22-23,29H,9-15H2,1H3,(H,25,28)/t22-,23-/m0/s1. The number of hydrogen-bond donors (Lipinski definition) is 2. The van der Waals surface area contributed by atoms with Crippen molar-refractivity contribution in [1.82, 2.24) is 10.2 Å². The highest BCUT2D eigenvalue weighted by atomic mass is 127. The molecule has 154 valence electrons. The van der Waals surface area contributed by atoms with E-state index in [0.717, 1.165) is 44.6 Å². The van der Waals surface area contributed by atoms with Gasteiger partial charge in [0.25, 0.3) is 0 Å². The van der Waals surface area contributed by atoms with Crippen molar-refractivity contribution in [3.8, 4) is 0 Å². The number of carbonyl (C=O) groups excluding carboxylic acids is 1. The van der Waals surface area contributed by atoms with Gasteiger partial charge in [0.05, 0.1) is 6.10 Å². The Kier molecular flexibility index (Phi) is 6.41. The van der Waals surface area contributed by atoms with Crippen LogP contribution in [0.4, 0.5) is 5.69 Å². The fourth-order valence-corrected chi connectivity index (χ4v) is 5.36. The number of amides is 1. The molecular weight excluding hydrogens is 477 g/mol. The first-order valence-corrected chi connectivity index (χ1v) is 11.4. The maximum atomic E-state index is 11.3. The molecule has 0 aromatic heterocycles. The van der Waals surface area contributed by atoms with Crippen LogP contribution in [-0.4, -0.2) is 54.2 Å². The minimum atomic E-state index is -0.306. The zero-order valence-electron chi connectivity index (χ0n) is 16.8. The van der Waals surface area contributed by atoms with Crippen LogP contribution in [0.1, 0.15) is 23.6 Å². The normalized spacial score (nSPS) is 22.2. The molecule has 1 aliphatic heterocycles. The van der Waals surface area contributed by atoms with Gasteiger partial charge >= 0.3 is 0 Å². The summed E-state index contributed by atoms with van der Waals surface area (Å²) in [4.78, 5) is 16.2. The van der Waals surface area contributed by atoms with E-state index in [1.165, 1.54) is 20.4 Å². The first-order chi connectivity index (χ1) is 14.0. The van der Waals surface area contributed by atoms with Crippen LogP contribution < -0.4 is 10.2 Å². The zero-order chi connectivity index (χ0) is 20.4. The molecule has 1 saturated heterocycles. The van der Waals surface area contributed by atoms with Gasteiger partial charge < -0.3 is 15.3 Å². The van der Waals surface area contributed by atoms with Gasteiger partial charge in [0, 0.05) is 61.4 Å². The first kappa shape index (κ1) is 20.6. The van der Waals surface area contributed by atoms with E-state index in [-0.39, 0.29) is 18.1 Å². The summed E-state index contributed by atoms with van der Waals surface area (Å²) in [6, 6.07) is 14.9. The number of rotatable bonds is 4. The number of piperazine rings is 1. The minimum absolute atomic E-state index is 0.00850. The van der Waals surface area contributed by atoms with Crippen molar-refractivity contribution in [2.75, 3.05) is 31.1 Å². The number of aliphatic hydroxyl groups is 1. The molecule has 6 heteroatoms. The predicted molar refractivity (Wildman–Crippen MR) is 124 cm³/mol. The van der Waals surface area contributed by atoms with Gasteiger partial charge in [-0.2, -0.15) is 0 Å². The average molecular weight is 505 g/mol. The quantitative estimate of drug-likeness (QED) is 0.628. The smallest absolute Gasteiger partial charge is 0.217 e. The molecule has 0 spiro atoms. The van der Waals surface area contributed by atoms with Crippen LogP contribution in [0.2, 0.25) is 0 Å². The third kappa shape index (κ3) is 4.59. The lowest BCUT2D eigenvalue weighted by molar-refractivity contribution is -0.119. The fourth-order valence-electron chi connectivity index (χ4n) is 4.59. The second kappa shape index (κ2) is 9.02. The molecule has 1 aliphatic carbocycles. The highest BCUT2D eigenvalue weighted by Crippen LogP contribution is 2.30. The van der Waals surface area contributed by atoms with Gasteiger partial charge in [0.2, 0.25) is 5.91 Å². The van der Waals surface area contributed by atoms with Crippen LogP contribution in [0.5, 0.6) is 0 Å². The topological polar surface area (TPSA) is 55.8 Å². The van der Waals surface area contributed by atoms with E-state index < -0.39 is 0 Å². The van der Waals surface area contributed by atoms with E-state index in [4.69, 9.17) is 0 Å². The van der Waals surface area contributed by atoms with Gasteiger partial charge in [-0.1, -0.05) is 30.3 Å². The fraction of sp³-hybridized carbons (Fsp3) is 0.435. The Morgan fingerprint density at radius 3 is 2.62 bits per heavy atom. The number of fused-ring (bicyclic) bond motifs is 1. The summed E-state index contributed by atoms with van der Waals surface area (Å²) in [5, 5.41) is 13.7. The lowest BCUT2D eigenvalue weighted by Gasteiger charge is -2.44. The maximum absolute atomic E-state index is 11.3. The van der Waals surface area contributed by atoms with Crippen LogP contribution in [-0.2, 0) is 24.2 Å². The van der Waals surface area contributed by atoms with Gasteiger partial charge in [-0.3, -0.25) is 9.69 Å². The molecule has 2 aliphatic rings. The van der Waals surface area contributed by atoms with Gasteiger partial charge in [-0.05, 0) is 57.8 Å². The molecule has 1 fully saturated rings. The number of benzene rings is 2. The van der Waals surface area contributed by atoms with E-state index in [2.05, 4.69) is 74.1 Å². The largest absolute Gasteiger partial charge is 0.391 e. The summed E-state index contributed by atoms with van der Waals surface area (Å²) >= 11 is 2.42. The van der Waals surface area contributed by atoms with Crippen LogP contribution in [0, 0.1) is 3.57 Å². The van der Waals surface area contributed by atoms with Crippen molar-refractivity contribution in [2.24, 2.45) is 0 Å². The van der Waals surface area contributed by atoms with Gasteiger partial charge in [-0.25, -0.2) is 0 Å². The van der Waals surface area contributed by atoms with Crippen LogP contribution >= 0.6 is 22.6 Å². The SMILES string of the molecule is CC(=O)NCc1ccccc1N1CCN([C@H]2Cc3c(I)cccc3C[C@@H]2O)CC1. The van der Waals surface area contributed by atoms with Crippen molar-refractivity contribution in [3.63, 3.8) is 0 Å². The number of aliphatic hydroxyl groups excluding tert-OH is 1. The van der Waals surface area contributed by atoms with Gasteiger partial charge in [-0.15, -0.1) is 0 Å². The molecule has 29 heavy (non-hydrogen) atoms. The molecule has 0 bridgehead atoms. The second-order valence-electron chi connectivity index (χ2n) is 7.98. The Bertz CT molecular complexity index is 880. The monoisotopic (exact) mass is 505 g/mol. The highest BCUT2D eigenvalue weighted by Gasteiger charge is 2.34. The van der Waals surface area contributed by atoms with Crippen LogP contribution in [0.25, 0.3) is 0 Å². The Balaban J connectivity index is 1.43. The number of carbonyl (C=O) groups is 1. The van der Waals surface area contributed by atoms with Crippen LogP contribution in [0.3, 0.4) is 0 Å². The molecule has 2 aromatic rings. The number of halogens is 1. The number of para-hydroxylation sites is 1. The second-order valence-corrected chi connectivity index (χ2v) is 9.14. The number of nitrogens with zero attached hydrogens (tertiary/aromatic N) is 2. The lowest BCUT2D eigenvalue weighted by Crippen LogP contribution is -2.56. The zero-order valence-corrected chi connectivity index (χ0v) is 18.9. The Hall–Kier alpha value is -1.64. The highest BCUT2D eigenvalue weighted by molar-refractivity contribution is 14.1. The summed E-state index contributed by atoms with van der Waals surface area (Å²) in [6.07, 6.45) is 1.37. The first-order valence-electron chi connectivity index (χ1n) is 10.3. The number of anilines is 1. The van der Waals surface area contributed by atoms with E-state index in [0.29, 0.717) is 6.54 Å². The molecule has 5 nitrogen and oxygen atoms in total. The van der Waals surface area contributed by atoms with Crippen molar-refractivity contribution < 1.29 is 9.90 Å². The van der Waals surface area contributed by atoms with Gasteiger partial charge in [0.15, 0.2) is 0 Å². The van der Waals surface area contributed by atoms with Crippen molar-refractivity contribution in [1.29, 1.82) is 0 Å². The average Bonchev–Trinajstić information content (AvgIpc) is 2.72. The van der Waals surface area contributed by atoms with Crippen molar-refractivity contribution >= 4 is 34.2 Å². The summed E-state index contributed by atoms with van der Waals surface area (Å²) in [5.41, 5.74) is 5.06. The molecule has 0 unspecified atom stereocenters. The van der Waals surface area contributed by atoms with E-state index in [9.17, 15) is 9.90 Å². The Morgan fingerprint density at radius 1 is 1.10 bits per heavy atom. The third-order valence-electron chi connectivity index (χ3n) is 6.15. The Morgan fingerprint density at radius 2 is 1.86 bits per heavy atom. The van der Waals surface area contributed by atoms with Gasteiger partial charge in [0.1, 0.15) is 0 Å². The minimum Gasteiger partial charge on any atom is -0.391 e. The predicted octanol–water partition coefficient (Wildman–Crippen LogP) is 2.58. The summed E-state index contributed by atoms with van der Waals surface area (Å²) in [7, 11) is 0. The van der Waals surface area contributed by atoms with E-state index >= 15 is 0 Å². The molecule has 1 amide bonds. The molecule has 0 saturated carbocycles. The molecule has 4 rings (SSSR count). The van der Waals surface area contributed by atoms with Crippen molar-refractivity contribution in [2.45, 2.75) is 38.5 Å². The summed E-state index contributed by atoms with van der Waals surface area (Å²) in [5.74, 6) is -0.00850. The summed E-state index contributed by atoms with van der Waals surface area (Å²) in [6.45, 7) is 5.85. The molecule has 1 heterocycles. The molecule has 2 aromatic carbocycles. The third-order valence-corrected chi connectivity index (χ3v) is 7.16.